The Kier molecular flexibility index (Phi) is 3.39. The molecule has 0 radical (unpaired) electrons. The normalized spacial score (nSPS) is 23.0. The van der Waals surface area contributed by atoms with E-state index in [1.54, 1.807) is 53.6 Å². The predicted molar refractivity (Wildman–Crippen MR) is 87.7 cm³/mol. The molecule has 0 spiro atoms. The van der Waals surface area contributed by atoms with Gasteiger partial charge in [-0.1, -0.05) is 0 Å². The first-order valence-electron chi connectivity index (χ1n) is 7.61. The van der Waals surface area contributed by atoms with Crippen LogP contribution < -0.4 is 5.32 Å². The summed E-state index contributed by atoms with van der Waals surface area (Å²) in [6, 6.07) is 8.19. The van der Waals surface area contributed by atoms with Gasteiger partial charge in [-0.05, 0) is 36.8 Å². The van der Waals surface area contributed by atoms with Gasteiger partial charge in [0.25, 0.3) is 0 Å². The Morgan fingerprint density at radius 1 is 1.29 bits per heavy atom. The van der Waals surface area contributed by atoms with Gasteiger partial charge in [-0.15, -0.1) is 0 Å². The average Bonchev–Trinajstić information content (AvgIpc) is 3.07. The van der Waals surface area contributed by atoms with Crippen molar-refractivity contribution in [1.29, 1.82) is 0 Å². The lowest BCUT2D eigenvalue weighted by atomic mass is 9.82. The van der Waals surface area contributed by atoms with Crippen LogP contribution in [0.1, 0.15) is 12.5 Å². The van der Waals surface area contributed by atoms with Crippen molar-refractivity contribution in [1.82, 2.24) is 14.8 Å². The molecular weight excluding hydrogens is 310 g/mol. The Hall–Kier alpha value is -3.00. The standard InChI is InChI=1S/C16H15N5O3/c22-14-9-13(16(14)20-8-2-7-18-20)19-12-5-4-11-10(3-1-6-17-11)15(12)21(23)24/h1-8,13-14,16,19,22H,9H2. The minimum Gasteiger partial charge on any atom is -0.391 e. The van der Waals surface area contributed by atoms with Gasteiger partial charge in [0.15, 0.2) is 0 Å². The van der Waals surface area contributed by atoms with Gasteiger partial charge in [-0.25, -0.2) is 0 Å². The second kappa shape index (κ2) is 5.57. The Morgan fingerprint density at radius 3 is 2.88 bits per heavy atom. The van der Waals surface area contributed by atoms with E-state index in [2.05, 4.69) is 15.4 Å². The third-order valence-corrected chi connectivity index (χ3v) is 4.41. The van der Waals surface area contributed by atoms with Gasteiger partial charge >= 0.3 is 5.69 Å². The van der Waals surface area contributed by atoms with E-state index in [0.29, 0.717) is 23.0 Å². The molecule has 2 heterocycles. The van der Waals surface area contributed by atoms with Crippen molar-refractivity contribution >= 4 is 22.3 Å². The fourth-order valence-corrected chi connectivity index (χ4v) is 3.22. The molecule has 8 heteroatoms. The van der Waals surface area contributed by atoms with Crippen molar-refractivity contribution in [3.8, 4) is 0 Å². The lowest BCUT2D eigenvalue weighted by Gasteiger charge is -2.42. The first-order valence-corrected chi connectivity index (χ1v) is 7.61. The number of hydrogen-bond acceptors (Lipinski definition) is 6. The van der Waals surface area contributed by atoms with Crippen LogP contribution in [-0.2, 0) is 0 Å². The number of aliphatic hydroxyl groups excluding tert-OH is 1. The average molecular weight is 325 g/mol. The lowest BCUT2D eigenvalue weighted by Crippen LogP contribution is -2.51. The van der Waals surface area contributed by atoms with Gasteiger partial charge in [0.1, 0.15) is 5.69 Å². The van der Waals surface area contributed by atoms with E-state index in [1.165, 1.54) is 0 Å². The van der Waals surface area contributed by atoms with Gasteiger partial charge in [-0.2, -0.15) is 5.10 Å². The summed E-state index contributed by atoms with van der Waals surface area (Å²) in [5.74, 6) is 0. The number of hydrogen-bond donors (Lipinski definition) is 2. The molecule has 1 aliphatic carbocycles. The number of benzene rings is 1. The molecule has 0 bridgehead atoms. The zero-order chi connectivity index (χ0) is 16.7. The van der Waals surface area contributed by atoms with Gasteiger partial charge in [-0.3, -0.25) is 19.8 Å². The molecule has 3 atom stereocenters. The van der Waals surface area contributed by atoms with Crippen LogP contribution in [0.2, 0.25) is 0 Å². The molecule has 24 heavy (non-hydrogen) atoms. The summed E-state index contributed by atoms with van der Waals surface area (Å²) in [6.45, 7) is 0. The molecule has 3 unspecified atom stereocenters. The quantitative estimate of drug-likeness (QED) is 0.562. The van der Waals surface area contributed by atoms with Crippen molar-refractivity contribution in [2.24, 2.45) is 0 Å². The van der Waals surface area contributed by atoms with Crippen LogP contribution in [0.3, 0.4) is 0 Å². The molecule has 122 valence electrons. The van der Waals surface area contributed by atoms with Crippen LogP contribution in [0.25, 0.3) is 10.9 Å². The number of nitrogens with zero attached hydrogens (tertiary/aromatic N) is 4. The summed E-state index contributed by atoms with van der Waals surface area (Å²) < 4.78 is 1.68. The highest BCUT2D eigenvalue weighted by molar-refractivity contribution is 5.94. The summed E-state index contributed by atoms with van der Waals surface area (Å²) in [5.41, 5.74) is 1.00. The maximum Gasteiger partial charge on any atom is 0.301 e. The van der Waals surface area contributed by atoms with Crippen molar-refractivity contribution in [3.05, 3.63) is 59.0 Å². The first-order chi connectivity index (χ1) is 11.6. The number of anilines is 1. The monoisotopic (exact) mass is 325 g/mol. The Balaban J connectivity index is 1.70. The molecule has 0 saturated heterocycles. The molecule has 2 aromatic heterocycles. The highest BCUT2D eigenvalue weighted by atomic mass is 16.6. The van der Waals surface area contributed by atoms with Crippen molar-refractivity contribution in [2.75, 3.05) is 5.32 Å². The number of nitro benzene ring substituents is 1. The zero-order valence-corrected chi connectivity index (χ0v) is 12.6. The van der Waals surface area contributed by atoms with Crippen LogP contribution in [0.15, 0.2) is 48.9 Å². The SMILES string of the molecule is O=[N+]([O-])c1c(NC2CC(O)C2n2cccn2)ccc2ncccc12. The Bertz CT molecular complexity index is 896. The second-order valence-electron chi connectivity index (χ2n) is 5.82. The second-order valence-corrected chi connectivity index (χ2v) is 5.82. The maximum atomic E-state index is 11.6. The molecule has 0 aliphatic heterocycles. The Labute approximate surface area is 136 Å². The van der Waals surface area contributed by atoms with Crippen LogP contribution >= 0.6 is 0 Å². The number of fused-ring (bicyclic) bond motifs is 1. The molecule has 2 N–H and O–H groups in total. The summed E-state index contributed by atoms with van der Waals surface area (Å²) >= 11 is 0. The number of nitrogens with one attached hydrogen (secondary N) is 1. The van der Waals surface area contributed by atoms with E-state index in [9.17, 15) is 15.2 Å². The molecular formula is C16H15N5O3. The molecule has 1 aromatic carbocycles. The molecule has 1 saturated carbocycles. The fourth-order valence-electron chi connectivity index (χ4n) is 3.22. The molecule has 3 aromatic rings. The van der Waals surface area contributed by atoms with E-state index in [4.69, 9.17) is 0 Å². The van der Waals surface area contributed by atoms with E-state index in [1.807, 2.05) is 0 Å². The third kappa shape index (κ3) is 2.28. The number of aliphatic hydroxyl groups is 1. The number of pyridine rings is 1. The van der Waals surface area contributed by atoms with Gasteiger partial charge in [0, 0.05) is 18.6 Å². The lowest BCUT2D eigenvalue weighted by molar-refractivity contribution is -0.382. The molecule has 0 amide bonds. The Morgan fingerprint density at radius 2 is 2.17 bits per heavy atom. The molecule has 4 rings (SSSR count). The predicted octanol–water partition coefficient (Wildman–Crippen LogP) is 2.13. The van der Waals surface area contributed by atoms with Crippen LogP contribution in [0.4, 0.5) is 11.4 Å². The maximum absolute atomic E-state index is 11.6. The van der Waals surface area contributed by atoms with Gasteiger partial charge < -0.3 is 10.4 Å². The van der Waals surface area contributed by atoms with Gasteiger partial charge in [0.05, 0.1) is 34.0 Å². The summed E-state index contributed by atoms with van der Waals surface area (Å²) in [5, 5.41) is 29.5. The molecule has 1 aliphatic rings. The number of aromatic nitrogens is 3. The first kappa shape index (κ1) is 14.6. The summed E-state index contributed by atoms with van der Waals surface area (Å²) in [7, 11) is 0. The largest absolute Gasteiger partial charge is 0.391 e. The highest BCUT2D eigenvalue weighted by Crippen LogP contribution is 2.39. The summed E-state index contributed by atoms with van der Waals surface area (Å²) in [6.07, 6.45) is 5.01. The zero-order valence-electron chi connectivity index (χ0n) is 12.6. The van der Waals surface area contributed by atoms with E-state index in [0.717, 1.165) is 0 Å². The van der Waals surface area contributed by atoms with Gasteiger partial charge in [0.2, 0.25) is 0 Å². The van der Waals surface area contributed by atoms with Crippen LogP contribution in [0, 0.1) is 10.1 Å². The summed E-state index contributed by atoms with van der Waals surface area (Å²) in [4.78, 5) is 15.3. The van der Waals surface area contributed by atoms with Crippen molar-refractivity contribution in [2.45, 2.75) is 24.6 Å². The highest BCUT2D eigenvalue weighted by Gasteiger charge is 2.42. The van der Waals surface area contributed by atoms with E-state index in [-0.39, 0.29) is 17.8 Å². The topological polar surface area (TPSA) is 106 Å². The molecule has 1 fully saturated rings. The van der Waals surface area contributed by atoms with Crippen molar-refractivity contribution < 1.29 is 10.0 Å². The van der Waals surface area contributed by atoms with E-state index < -0.39 is 11.0 Å². The fraction of sp³-hybridized carbons (Fsp3) is 0.250. The molecule has 8 nitrogen and oxygen atoms in total. The minimum absolute atomic E-state index is 0.00112. The van der Waals surface area contributed by atoms with E-state index >= 15 is 0 Å². The van der Waals surface area contributed by atoms with Crippen LogP contribution in [0.5, 0.6) is 0 Å². The smallest absolute Gasteiger partial charge is 0.301 e. The number of nitro groups is 1. The number of rotatable bonds is 4. The van der Waals surface area contributed by atoms with Crippen molar-refractivity contribution in [3.63, 3.8) is 0 Å². The minimum atomic E-state index is -0.524. The van der Waals surface area contributed by atoms with Crippen LogP contribution in [-0.4, -0.2) is 36.9 Å². The third-order valence-electron chi connectivity index (χ3n) is 4.41.